The zero-order valence-corrected chi connectivity index (χ0v) is 25.2. The number of nitrogens with one attached hydrogen (secondary N) is 1. The number of nitrogens with zero attached hydrogens (tertiary/aromatic N) is 2. The van der Waals surface area contributed by atoms with Crippen molar-refractivity contribution in [3.63, 3.8) is 0 Å². The topological polar surface area (TPSA) is 195 Å². The van der Waals surface area contributed by atoms with Crippen molar-refractivity contribution < 1.29 is 51.6 Å². The van der Waals surface area contributed by atoms with Gasteiger partial charge in [-0.1, -0.05) is 23.9 Å². The second kappa shape index (κ2) is 13.7. The standard InChI is InChI=1S/C25H34F3N4O9PS/c1-23(2,14-33)21(35)43-11-10-39-42(38,30-12-15-4-6-16(7-5-15)25(26,27)28)40-13-17-19(34)24(3,37)20(41-17)32-9-8-18(29)31-22(32)36/h4-9,17,19-20,33-34,37H,10-14H2,1-3H3,(H,30,38)(H2,29,31,36)/t17-,19-,20?,24-,42?/m1/s1. The molecule has 3 rings (SSSR count). The predicted octanol–water partition coefficient (Wildman–Crippen LogP) is 2.06. The maximum Gasteiger partial charge on any atom is 0.416 e. The number of benzene rings is 1. The average molecular weight is 655 g/mol. The molecule has 1 fully saturated rings. The van der Waals surface area contributed by atoms with Gasteiger partial charge in [-0.2, -0.15) is 18.2 Å². The first-order valence-corrected chi connectivity index (χ1v) is 15.4. The fraction of sp³-hybridized carbons (Fsp3) is 0.560. The van der Waals surface area contributed by atoms with E-state index in [1.165, 1.54) is 31.3 Å². The summed E-state index contributed by atoms with van der Waals surface area (Å²) in [5, 5.41) is 33.2. The van der Waals surface area contributed by atoms with Crippen LogP contribution in [0.1, 0.15) is 38.1 Å². The summed E-state index contributed by atoms with van der Waals surface area (Å²) >= 11 is 0.831. The van der Waals surface area contributed by atoms with Gasteiger partial charge in [-0.15, -0.1) is 0 Å². The molecule has 0 spiro atoms. The maximum absolute atomic E-state index is 13.6. The lowest BCUT2D eigenvalue weighted by molar-refractivity contribution is -0.137. The van der Waals surface area contributed by atoms with E-state index in [1.54, 1.807) is 13.8 Å². The number of hydrogen-bond acceptors (Lipinski definition) is 12. The van der Waals surface area contributed by atoms with Crippen LogP contribution < -0.4 is 16.5 Å². The number of hydrogen-bond donors (Lipinski definition) is 5. The molecule has 0 amide bonds. The summed E-state index contributed by atoms with van der Waals surface area (Å²) in [6.45, 7) is 2.77. The lowest BCUT2D eigenvalue weighted by Gasteiger charge is -2.27. The van der Waals surface area contributed by atoms with E-state index in [9.17, 15) is 42.6 Å². The quantitative estimate of drug-likeness (QED) is 0.156. The van der Waals surface area contributed by atoms with Crippen molar-refractivity contribution in [1.82, 2.24) is 14.6 Å². The van der Waals surface area contributed by atoms with Crippen LogP contribution in [0.3, 0.4) is 0 Å². The van der Waals surface area contributed by atoms with E-state index in [2.05, 4.69) is 10.1 Å². The number of nitrogen functional groups attached to an aromatic ring is 1. The highest BCUT2D eigenvalue weighted by Gasteiger charge is 2.54. The summed E-state index contributed by atoms with van der Waals surface area (Å²) in [7, 11) is -4.28. The summed E-state index contributed by atoms with van der Waals surface area (Å²) in [6, 6.07) is 5.35. The van der Waals surface area contributed by atoms with Gasteiger partial charge in [0.1, 0.15) is 23.6 Å². The number of carbonyl (C=O) groups is 1. The van der Waals surface area contributed by atoms with Gasteiger partial charge in [0.05, 0.1) is 30.8 Å². The number of halogens is 3. The zero-order valence-electron chi connectivity index (χ0n) is 23.5. The number of aliphatic hydroxyl groups is 3. The van der Waals surface area contributed by atoms with Gasteiger partial charge in [0.2, 0.25) is 0 Å². The number of aromatic nitrogens is 2. The third kappa shape index (κ3) is 8.86. The molecule has 0 radical (unpaired) electrons. The molecular formula is C25H34F3N4O9PS. The lowest BCUT2D eigenvalue weighted by atomic mass is 9.96. The molecule has 1 aromatic carbocycles. The van der Waals surface area contributed by atoms with Crippen molar-refractivity contribution in [2.45, 2.75) is 57.5 Å². The number of carbonyl (C=O) groups excluding carboxylic acids is 1. The van der Waals surface area contributed by atoms with Crippen LogP contribution in [0.15, 0.2) is 41.3 Å². The zero-order chi connectivity index (χ0) is 32.2. The number of anilines is 1. The van der Waals surface area contributed by atoms with Crippen LogP contribution in [-0.4, -0.2) is 73.4 Å². The Morgan fingerprint density at radius 2 is 1.91 bits per heavy atom. The van der Waals surface area contributed by atoms with Crippen LogP contribution in [0.2, 0.25) is 0 Å². The lowest BCUT2D eigenvalue weighted by Crippen LogP contribution is -2.46. The van der Waals surface area contributed by atoms with E-state index in [4.69, 9.17) is 19.5 Å². The summed E-state index contributed by atoms with van der Waals surface area (Å²) in [4.78, 5) is 28.1. The number of nitrogens with two attached hydrogens (primary N) is 1. The highest BCUT2D eigenvalue weighted by atomic mass is 32.2. The molecule has 0 saturated carbocycles. The minimum Gasteiger partial charge on any atom is -0.395 e. The van der Waals surface area contributed by atoms with Crippen LogP contribution in [0.5, 0.6) is 0 Å². The monoisotopic (exact) mass is 654 g/mol. The second-order valence-corrected chi connectivity index (χ2v) is 13.5. The highest BCUT2D eigenvalue weighted by Crippen LogP contribution is 2.46. The van der Waals surface area contributed by atoms with E-state index in [-0.39, 0.29) is 36.4 Å². The van der Waals surface area contributed by atoms with Crippen LogP contribution in [0.4, 0.5) is 19.0 Å². The minimum absolute atomic E-state index is 0.0178. The van der Waals surface area contributed by atoms with Gasteiger partial charge in [0.25, 0.3) is 0 Å². The molecule has 13 nitrogen and oxygen atoms in total. The molecular weight excluding hydrogens is 620 g/mol. The Morgan fingerprint density at radius 3 is 2.49 bits per heavy atom. The Balaban J connectivity index is 1.72. The molecule has 2 heterocycles. The molecule has 1 aromatic heterocycles. The Labute approximate surface area is 249 Å². The molecule has 2 aromatic rings. The van der Waals surface area contributed by atoms with Crippen molar-refractivity contribution in [2.75, 3.05) is 31.3 Å². The third-order valence-electron chi connectivity index (χ3n) is 6.55. The molecule has 0 bridgehead atoms. The molecule has 2 unspecified atom stereocenters. The number of aliphatic hydroxyl groups excluding tert-OH is 2. The fourth-order valence-electron chi connectivity index (χ4n) is 3.83. The van der Waals surface area contributed by atoms with Gasteiger partial charge in [0, 0.05) is 18.5 Å². The Bertz CT molecular complexity index is 1370. The smallest absolute Gasteiger partial charge is 0.395 e. The van der Waals surface area contributed by atoms with Gasteiger partial charge in [-0.05, 0) is 44.5 Å². The highest BCUT2D eigenvalue weighted by molar-refractivity contribution is 8.13. The number of alkyl halides is 3. The van der Waals surface area contributed by atoms with Crippen molar-refractivity contribution in [3.8, 4) is 0 Å². The molecule has 5 atom stereocenters. The first kappa shape index (κ1) is 35.1. The Hall–Kier alpha value is -2.34. The summed E-state index contributed by atoms with van der Waals surface area (Å²) in [5.74, 6) is -0.0550. The number of thioether (sulfide) groups is 1. The molecule has 1 aliphatic rings. The van der Waals surface area contributed by atoms with Crippen molar-refractivity contribution in [3.05, 3.63) is 58.1 Å². The third-order valence-corrected chi connectivity index (χ3v) is 9.29. The van der Waals surface area contributed by atoms with E-state index >= 15 is 0 Å². The van der Waals surface area contributed by atoms with Crippen LogP contribution >= 0.6 is 19.5 Å². The molecule has 6 N–H and O–H groups in total. The molecule has 240 valence electrons. The predicted molar refractivity (Wildman–Crippen MR) is 150 cm³/mol. The van der Waals surface area contributed by atoms with Gasteiger partial charge in [-0.3, -0.25) is 18.4 Å². The van der Waals surface area contributed by atoms with E-state index in [1.807, 2.05) is 0 Å². The van der Waals surface area contributed by atoms with E-state index in [0.29, 0.717) is 5.56 Å². The van der Waals surface area contributed by atoms with Gasteiger partial charge < -0.3 is 25.8 Å². The van der Waals surface area contributed by atoms with Crippen LogP contribution in [-0.2, 0) is 35.9 Å². The Kier molecular flexibility index (Phi) is 11.2. The average Bonchev–Trinajstić information content (AvgIpc) is 3.16. The van der Waals surface area contributed by atoms with Gasteiger partial charge in [-0.25, -0.2) is 14.4 Å². The van der Waals surface area contributed by atoms with Gasteiger partial charge in [0.15, 0.2) is 11.3 Å². The van der Waals surface area contributed by atoms with Crippen LogP contribution in [0, 0.1) is 5.41 Å². The molecule has 1 saturated heterocycles. The fourth-order valence-corrected chi connectivity index (χ4v) is 6.07. The minimum atomic E-state index is -4.54. The van der Waals surface area contributed by atoms with Crippen molar-refractivity contribution >= 4 is 30.4 Å². The Morgan fingerprint density at radius 1 is 1.26 bits per heavy atom. The maximum atomic E-state index is 13.6. The molecule has 1 aliphatic heterocycles. The SMILES string of the molecule is CC(C)(CO)C(=O)SCCOP(=O)(NCc1ccc(C(F)(F)F)cc1)OC[C@H]1OC(n2ccc(N)nc2=O)[C@](C)(O)[C@@H]1O. The second-order valence-electron chi connectivity index (χ2n) is 10.6. The summed E-state index contributed by atoms with van der Waals surface area (Å²) in [6.07, 6.45) is -7.71. The van der Waals surface area contributed by atoms with E-state index in [0.717, 1.165) is 28.5 Å². The molecule has 0 aliphatic carbocycles. The molecule has 18 heteroatoms. The van der Waals surface area contributed by atoms with E-state index < -0.39 is 61.2 Å². The largest absolute Gasteiger partial charge is 0.416 e. The molecule has 43 heavy (non-hydrogen) atoms. The van der Waals surface area contributed by atoms with Gasteiger partial charge >= 0.3 is 19.6 Å². The van der Waals surface area contributed by atoms with Crippen LogP contribution in [0.25, 0.3) is 0 Å². The normalized spacial score (nSPS) is 24.2. The first-order chi connectivity index (χ1) is 19.9. The number of rotatable bonds is 13. The van der Waals surface area contributed by atoms with Crippen molar-refractivity contribution in [1.29, 1.82) is 0 Å². The van der Waals surface area contributed by atoms with Crippen molar-refractivity contribution in [2.24, 2.45) is 5.41 Å². The summed E-state index contributed by atoms with van der Waals surface area (Å²) < 4.78 is 69.9. The summed E-state index contributed by atoms with van der Waals surface area (Å²) in [5.41, 5.74) is 1.05. The number of ether oxygens (including phenoxy) is 1. The first-order valence-electron chi connectivity index (χ1n) is 12.9.